The summed E-state index contributed by atoms with van der Waals surface area (Å²) in [6, 6.07) is 26.0. The lowest BCUT2D eigenvalue weighted by atomic mass is 10.0. The molecular formula is C28H22ClN3O5. The first-order valence-electron chi connectivity index (χ1n) is 11.4. The smallest absolute Gasteiger partial charge is 0.269 e. The molecule has 8 nitrogen and oxygen atoms in total. The number of methoxy groups -OCH3 is 1. The van der Waals surface area contributed by atoms with Crippen LogP contribution in [0.1, 0.15) is 27.7 Å². The molecule has 4 aromatic rings. The molecule has 5 rings (SSSR count). The van der Waals surface area contributed by atoms with E-state index in [-0.39, 0.29) is 18.2 Å². The third-order valence-electron chi connectivity index (χ3n) is 6.09. The number of nitro groups is 1. The van der Waals surface area contributed by atoms with Gasteiger partial charge in [0.1, 0.15) is 24.3 Å². The molecular weight excluding hydrogens is 494 g/mol. The Labute approximate surface area is 218 Å². The van der Waals surface area contributed by atoms with E-state index < -0.39 is 11.1 Å². The van der Waals surface area contributed by atoms with Crippen LogP contribution in [-0.4, -0.2) is 17.9 Å². The van der Waals surface area contributed by atoms with Crippen LogP contribution >= 0.6 is 11.6 Å². The van der Waals surface area contributed by atoms with Crippen LogP contribution in [0.4, 0.5) is 17.1 Å². The highest BCUT2D eigenvalue weighted by atomic mass is 35.5. The molecule has 9 heteroatoms. The fourth-order valence-electron chi connectivity index (χ4n) is 4.26. The Kier molecular flexibility index (Phi) is 6.66. The molecule has 0 aliphatic carbocycles. The second-order valence-corrected chi connectivity index (χ2v) is 8.79. The summed E-state index contributed by atoms with van der Waals surface area (Å²) in [5.74, 6) is 0.966. The van der Waals surface area contributed by atoms with Gasteiger partial charge in [-0.3, -0.25) is 19.8 Å². The van der Waals surface area contributed by atoms with Crippen LogP contribution in [0.5, 0.6) is 11.5 Å². The second-order valence-electron chi connectivity index (χ2n) is 8.35. The zero-order valence-electron chi connectivity index (χ0n) is 19.8. The summed E-state index contributed by atoms with van der Waals surface area (Å²) >= 11 is 6.10. The van der Waals surface area contributed by atoms with Gasteiger partial charge in [-0.15, -0.1) is 0 Å². The van der Waals surface area contributed by atoms with Crippen LogP contribution in [0.2, 0.25) is 5.02 Å². The molecule has 186 valence electrons. The van der Waals surface area contributed by atoms with Crippen molar-refractivity contribution in [1.82, 2.24) is 0 Å². The van der Waals surface area contributed by atoms with E-state index in [1.54, 1.807) is 42.3 Å². The van der Waals surface area contributed by atoms with Crippen LogP contribution in [0.25, 0.3) is 0 Å². The Balaban J connectivity index is 1.49. The number of benzene rings is 4. The molecule has 0 saturated heterocycles. The number of amides is 1. The van der Waals surface area contributed by atoms with Gasteiger partial charge in [-0.2, -0.15) is 0 Å². The lowest BCUT2D eigenvalue weighted by molar-refractivity contribution is -0.384. The highest BCUT2D eigenvalue weighted by Gasteiger charge is 2.34. The van der Waals surface area contributed by atoms with E-state index in [2.05, 4.69) is 5.32 Å². The van der Waals surface area contributed by atoms with Gasteiger partial charge in [0.15, 0.2) is 0 Å². The van der Waals surface area contributed by atoms with E-state index in [0.717, 1.165) is 16.8 Å². The molecule has 1 amide bonds. The molecule has 0 spiro atoms. The average Bonchev–Trinajstić information content (AvgIpc) is 2.92. The molecule has 0 aromatic heterocycles. The summed E-state index contributed by atoms with van der Waals surface area (Å²) < 4.78 is 11.4. The molecule has 0 bridgehead atoms. The van der Waals surface area contributed by atoms with Crippen molar-refractivity contribution >= 4 is 34.6 Å². The molecule has 0 radical (unpaired) electrons. The summed E-state index contributed by atoms with van der Waals surface area (Å²) in [5, 5.41) is 15.0. The summed E-state index contributed by atoms with van der Waals surface area (Å²) in [6.07, 6.45) is -0.507. The SMILES string of the molecule is COc1ccc(C2Nc3ccccc3C(=O)N2c2ccc(Cl)cc2)cc1COc1ccc([N+](=O)[O-])cc1. The average molecular weight is 516 g/mol. The number of halogens is 1. The largest absolute Gasteiger partial charge is 0.496 e. The third-order valence-corrected chi connectivity index (χ3v) is 6.35. The number of carbonyl (C=O) groups excluding carboxylic acids is 1. The first-order valence-corrected chi connectivity index (χ1v) is 11.8. The zero-order valence-corrected chi connectivity index (χ0v) is 20.5. The fraction of sp³-hybridized carbons (Fsp3) is 0.107. The molecule has 37 heavy (non-hydrogen) atoms. The Morgan fingerprint density at radius 2 is 1.73 bits per heavy atom. The summed E-state index contributed by atoms with van der Waals surface area (Å²) in [7, 11) is 1.57. The molecule has 0 saturated carbocycles. The summed E-state index contributed by atoms with van der Waals surface area (Å²) in [6.45, 7) is 0.160. The first kappa shape index (κ1) is 24.1. The highest BCUT2D eigenvalue weighted by molar-refractivity contribution is 6.30. The molecule has 0 fully saturated rings. The van der Waals surface area contributed by atoms with E-state index >= 15 is 0 Å². The maximum atomic E-state index is 13.6. The number of hydrogen-bond acceptors (Lipinski definition) is 6. The highest BCUT2D eigenvalue weighted by Crippen LogP contribution is 2.38. The normalized spacial score (nSPS) is 14.5. The van der Waals surface area contributed by atoms with Crippen LogP contribution in [-0.2, 0) is 6.61 Å². The number of hydrogen-bond donors (Lipinski definition) is 1. The number of nitrogens with one attached hydrogen (secondary N) is 1. The number of non-ortho nitro benzene ring substituents is 1. The minimum Gasteiger partial charge on any atom is -0.496 e. The van der Waals surface area contributed by atoms with Gasteiger partial charge in [0.25, 0.3) is 11.6 Å². The Bertz CT molecular complexity index is 1460. The van der Waals surface area contributed by atoms with Crippen molar-refractivity contribution in [3.05, 3.63) is 123 Å². The molecule has 1 unspecified atom stereocenters. The van der Waals surface area contributed by atoms with Gasteiger partial charge in [0.05, 0.1) is 17.6 Å². The second kappa shape index (κ2) is 10.2. The van der Waals surface area contributed by atoms with Crippen LogP contribution in [0.15, 0.2) is 91.0 Å². The lowest BCUT2D eigenvalue weighted by Gasteiger charge is -2.38. The predicted octanol–water partition coefficient (Wildman–Crippen LogP) is 6.61. The van der Waals surface area contributed by atoms with Gasteiger partial charge in [0.2, 0.25) is 0 Å². The van der Waals surface area contributed by atoms with Gasteiger partial charge in [-0.05, 0) is 66.2 Å². The monoisotopic (exact) mass is 515 g/mol. The molecule has 4 aromatic carbocycles. The number of carbonyl (C=O) groups is 1. The summed E-state index contributed by atoms with van der Waals surface area (Å²) in [5.41, 5.74) is 3.57. The van der Waals surface area contributed by atoms with Crippen molar-refractivity contribution in [2.45, 2.75) is 12.8 Å². The van der Waals surface area contributed by atoms with Crippen LogP contribution in [0, 0.1) is 10.1 Å². The number of ether oxygens (including phenoxy) is 2. The maximum Gasteiger partial charge on any atom is 0.269 e. The maximum absolute atomic E-state index is 13.6. The van der Waals surface area contributed by atoms with Crippen molar-refractivity contribution in [1.29, 1.82) is 0 Å². The number of fused-ring (bicyclic) bond motifs is 1. The number of anilines is 2. The Hall–Kier alpha value is -4.56. The summed E-state index contributed by atoms with van der Waals surface area (Å²) in [4.78, 5) is 25.8. The fourth-order valence-corrected chi connectivity index (χ4v) is 4.39. The van der Waals surface area contributed by atoms with Crippen molar-refractivity contribution in [3.8, 4) is 11.5 Å². The van der Waals surface area contributed by atoms with Crippen molar-refractivity contribution in [2.24, 2.45) is 0 Å². The zero-order chi connectivity index (χ0) is 25.9. The number of nitrogens with zero attached hydrogens (tertiary/aromatic N) is 2. The minimum absolute atomic E-state index is 0.0115. The van der Waals surface area contributed by atoms with E-state index in [0.29, 0.717) is 27.8 Å². The van der Waals surface area contributed by atoms with Crippen molar-refractivity contribution in [3.63, 3.8) is 0 Å². The van der Waals surface area contributed by atoms with E-state index in [4.69, 9.17) is 21.1 Å². The number of nitro benzene ring substituents is 1. The Morgan fingerprint density at radius 3 is 2.43 bits per heavy atom. The molecule has 1 aliphatic rings. The standard InChI is InChI=1S/C28H22ClN3O5/c1-36-26-15-6-18(16-19(26)17-37-23-13-11-22(12-14-23)32(34)35)27-30-25-5-3-2-4-24(25)28(33)31(27)21-9-7-20(29)8-10-21/h2-16,27,30H,17H2,1H3. The lowest BCUT2D eigenvalue weighted by Crippen LogP contribution is -2.43. The van der Waals surface area contributed by atoms with Gasteiger partial charge in [-0.25, -0.2) is 0 Å². The third kappa shape index (κ3) is 4.92. The Morgan fingerprint density at radius 1 is 1.00 bits per heavy atom. The van der Waals surface area contributed by atoms with Gasteiger partial charge in [-0.1, -0.05) is 29.8 Å². The molecule has 1 atom stereocenters. The minimum atomic E-state index is -0.507. The van der Waals surface area contributed by atoms with E-state index in [9.17, 15) is 14.9 Å². The van der Waals surface area contributed by atoms with E-state index in [1.807, 2.05) is 48.5 Å². The molecule has 1 N–H and O–H groups in total. The predicted molar refractivity (Wildman–Crippen MR) is 141 cm³/mol. The van der Waals surface area contributed by atoms with Crippen molar-refractivity contribution in [2.75, 3.05) is 17.3 Å². The van der Waals surface area contributed by atoms with Gasteiger partial charge >= 0.3 is 0 Å². The first-order chi connectivity index (χ1) is 17.9. The van der Waals surface area contributed by atoms with Crippen LogP contribution in [0.3, 0.4) is 0 Å². The van der Waals surface area contributed by atoms with Crippen LogP contribution < -0.4 is 19.7 Å². The molecule has 1 heterocycles. The van der Waals surface area contributed by atoms with Gasteiger partial charge < -0.3 is 14.8 Å². The topological polar surface area (TPSA) is 93.9 Å². The quantitative estimate of drug-likeness (QED) is 0.220. The number of para-hydroxylation sites is 1. The molecule has 1 aliphatic heterocycles. The van der Waals surface area contributed by atoms with Crippen molar-refractivity contribution < 1.29 is 19.2 Å². The number of rotatable bonds is 7. The van der Waals surface area contributed by atoms with E-state index in [1.165, 1.54) is 12.1 Å². The van der Waals surface area contributed by atoms with Gasteiger partial charge in [0, 0.05) is 34.1 Å².